The molecule has 2 saturated heterocycles. The number of hydrogen-bond donors (Lipinski definition) is 2. The maximum absolute atomic E-state index is 12.5. The van der Waals surface area contributed by atoms with Gasteiger partial charge in [-0.15, -0.1) is 0 Å². The van der Waals surface area contributed by atoms with E-state index in [0.29, 0.717) is 17.6 Å². The number of carbonyl (C=O) groups is 1. The van der Waals surface area contributed by atoms with E-state index in [0.717, 1.165) is 19.4 Å². The van der Waals surface area contributed by atoms with Crippen molar-refractivity contribution < 1.29 is 14.4 Å². The highest BCUT2D eigenvalue weighted by Gasteiger charge is 2.39. The average Bonchev–Trinajstić information content (AvgIpc) is 3.14. The molecule has 3 rings (SSSR count). The fourth-order valence-electron chi connectivity index (χ4n) is 3.48. The number of aromatic nitrogens is 1. The first-order valence-electron chi connectivity index (χ1n) is 8.16. The van der Waals surface area contributed by atoms with Crippen LogP contribution < -0.4 is 5.32 Å². The molecule has 2 aliphatic heterocycles. The van der Waals surface area contributed by atoms with E-state index in [9.17, 15) is 9.90 Å². The predicted molar refractivity (Wildman–Crippen MR) is 82.6 cm³/mol. The summed E-state index contributed by atoms with van der Waals surface area (Å²) in [5, 5.41) is 16.2. The summed E-state index contributed by atoms with van der Waals surface area (Å²) in [6.45, 7) is 4.75. The first kappa shape index (κ1) is 15.5. The third kappa shape index (κ3) is 2.90. The second-order valence-corrected chi connectivity index (χ2v) is 7.09. The first-order chi connectivity index (χ1) is 10.5. The molecule has 0 spiro atoms. The Balaban J connectivity index is 1.65. The molecule has 2 fully saturated rings. The number of hydrogen-bond acceptors (Lipinski definition) is 5. The summed E-state index contributed by atoms with van der Waals surface area (Å²) in [5.41, 5.74) is 0.171. The molecule has 2 unspecified atom stereocenters. The normalized spacial score (nSPS) is 26.0. The third-order valence-corrected chi connectivity index (χ3v) is 4.99. The Bertz CT molecular complexity index is 540. The van der Waals surface area contributed by atoms with Crippen LogP contribution in [0.25, 0.3) is 0 Å². The summed E-state index contributed by atoms with van der Waals surface area (Å²) in [7, 11) is 0. The number of fused-ring (bicyclic) bond motifs is 1. The van der Waals surface area contributed by atoms with Crippen LogP contribution in [0.4, 0.5) is 5.88 Å². The summed E-state index contributed by atoms with van der Waals surface area (Å²) in [4.78, 5) is 14.8. The molecule has 6 heteroatoms. The van der Waals surface area contributed by atoms with Gasteiger partial charge in [0, 0.05) is 17.5 Å². The van der Waals surface area contributed by atoms with Gasteiger partial charge in [0.1, 0.15) is 0 Å². The third-order valence-electron chi connectivity index (χ3n) is 4.99. The van der Waals surface area contributed by atoms with Gasteiger partial charge in [-0.25, -0.2) is 0 Å². The second-order valence-electron chi connectivity index (χ2n) is 7.09. The number of piperidine rings is 1. The molecule has 0 aromatic carbocycles. The highest BCUT2D eigenvalue weighted by atomic mass is 16.5. The fraction of sp³-hybridized carbons (Fsp3) is 0.750. The van der Waals surface area contributed by atoms with Crippen LogP contribution in [0, 0.1) is 0 Å². The molecule has 22 heavy (non-hydrogen) atoms. The molecule has 1 aromatic rings. The van der Waals surface area contributed by atoms with Crippen molar-refractivity contribution in [2.24, 2.45) is 0 Å². The molecule has 3 heterocycles. The lowest BCUT2D eigenvalue weighted by molar-refractivity contribution is -0.121. The van der Waals surface area contributed by atoms with Gasteiger partial charge < -0.3 is 9.63 Å². The van der Waals surface area contributed by atoms with Gasteiger partial charge in [-0.05, 0) is 32.2 Å². The van der Waals surface area contributed by atoms with Gasteiger partial charge in [-0.2, -0.15) is 0 Å². The minimum Gasteiger partial charge on any atom is -0.395 e. The molecule has 0 saturated carbocycles. The van der Waals surface area contributed by atoms with E-state index in [4.69, 9.17) is 4.52 Å². The molecular formula is C16H25N3O3. The van der Waals surface area contributed by atoms with Gasteiger partial charge in [-0.3, -0.25) is 15.0 Å². The van der Waals surface area contributed by atoms with Gasteiger partial charge >= 0.3 is 0 Å². The molecule has 0 bridgehead atoms. The molecule has 1 amide bonds. The standard InChI is InChI=1S/C16H25N3O3/c1-16(2,10-20)13-9-14(22-18-13)17-15(21)12-7-6-11-5-3-4-8-19(11)12/h9,11-12,20H,3-8,10H2,1-2H3,(H,17,21). The van der Waals surface area contributed by atoms with E-state index in [1.807, 2.05) is 13.8 Å². The van der Waals surface area contributed by atoms with Crippen molar-refractivity contribution in [2.45, 2.75) is 63.5 Å². The maximum Gasteiger partial charge on any atom is 0.244 e. The molecule has 2 atom stereocenters. The number of rotatable bonds is 4. The van der Waals surface area contributed by atoms with Crippen LogP contribution in [-0.4, -0.2) is 46.3 Å². The van der Waals surface area contributed by atoms with Crippen molar-refractivity contribution in [3.8, 4) is 0 Å². The predicted octanol–water partition coefficient (Wildman–Crippen LogP) is 1.90. The van der Waals surface area contributed by atoms with Crippen LogP contribution in [0.15, 0.2) is 10.6 Å². The van der Waals surface area contributed by atoms with E-state index in [1.54, 1.807) is 6.07 Å². The van der Waals surface area contributed by atoms with Gasteiger partial charge in [0.25, 0.3) is 0 Å². The number of aliphatic hydroxyl groups is 1. The van der Waals surface area contributed by atoms with Gasteiger partial charge in [0.2, 0.25) is 11.8 Å². The van der Waals surface area contributed by atoms with Crippen molar-refractivity contribution in [1.82, 2.24) is 10.1 Å². The van der Waals surface area contributed by atoms with Crippen LogP contribution in [-0.2, 0) is 10.2 Å². The van der Waals surface area contributed by atoms with E-state index in [1.165, 1.54) is 19.3 Å². The number of nitrogens with zero attached hydrogens (tertiary/aromatic N) is 2. The summed E-state index contributed by atoms with van der Waals surface area (Å²) in [5.74, 6) is 0.357. The van der Waals surface area contributed by atoms with Crippen molar-refractivity contribution in [3.63, 3.8) is 0 Å². The molecule has 6 nitrogen and oxygen atoms in total. The molecule has 0 radical (unpaired) electrons. The molecule has 2 N–H and O–H groups in total. The molecular weight excluding hydrogens is 282 g/mol. The lowest BCUT2D eigenvalue weighted by atomic mass is 9.91. The van der Waals surface area contributed by atoms with E-state index < -0.39 is 5.41 Å². The largest absolute Gasteiger partial charge is 0.395 e. The number of amides is 1. The Morgan fingerprint density at radius 3 is 3.05 bits per heavy atom. The minimum atomic E-state index is -0.474. The average molecular weight is 307 g/mol. The topological polar surface area (TPSA) is 78.6 Å². The SMILES string of the molecule is CC(C)(CO)c1cc(NC(=O)C2CCC3CCCCN32)on1. The highest BCUT2D eigenvalue weighted by Crippen LogP contribution is 2.32. The quantitative estimate of drug-likeness (QED) is 0.888. The van der Waals surface area contributed by atoms with Crippen LogP contribution in [0.2, 0.25) is 0 Å². The Morgan fingerprint density at radius 1 is 1.45 bits per heavy atom. The van der Waals surface area contributed by atoms with Crippen LogP contribution in [0.1, 0.15) is 51.6 Å². The Labute approximate surface area is 130 Å². The number of anilines is 1. The summed E-state index contributed by atoms with van der Waals surface area (Å²) >= 11 is 0. The number of carbonyl (C=O) groups excluding carboxylic acids is 1. The molecule has 1 aromatic heterocycles. The van der Waals surface area contributed by atoms with Crippen LogP contribution in [0.5, 0.6) is 0 Å². The zero-order chi connectivity index (χ0) is 15.7. The first-order valence-corrected chi connectivity index (χ1v) is 8.16. The van der Waals surface area contributed by atoms with Gasteiger partial charge in [0.15, 0.2) is 0 Å². The van der Waals surface area contributed by atoms with Gasteiger partial charge in [-0.1, -0.05) is 25.4 Å². The van der Waals surface area contributed by atoms with Crippen molar-refractivity contribution >= 4 is 11.8 Å². The zero-order valence-corrected chi connectivity index (χ0v) is 13.3. The molecule has 2 aliphatic rings. The monoisotopic (exact) mass is 307 g/mol. The zero-order valence-electron chi connectivity index (χ0n) is 13.3. The van der Waals surface area contributed by atoms with Crippen molar-refractivity contribution in [2.75, 3.05) is 18.5 Å². The minimum absolute atomic E-state index is 0.00564. The second kappa shape index (κ2) is 6.01. The van der Waals surface area contributed by atoms with E-state index in [-0.39, 0.29) is 18.6 Å². The number of aliphatic hydroxyl groups excluding tert-OH is 1. The smallest absolute Gasteiger partial charge is 0.244 e. The summed E-state index contributed by atoms with van der Waals surface area (Å²) in [6.07, 6.45) is 5.69. The Kier molecular flexibility index (Phi) is 4.23. The lowest BCUT2D eigenvalue weighted by Gasteiger charge is -2.33. The van der Waals surface area contributed by atoms with E-state index >= 15 is 0 Å². The van der Waals surface area contributed by atoms with Crippen LogP contribution >= 0.6 is 0 Å². The van der Waals surface area contributed by atoms with Crippen LogP contribution in [0.3, 0.4) is 0 Å². The molecule has 122 valence electrons. The fourth-order valence-corrected chi connectivity index (χ4v) is 3.48. The van der Waals surface area contributed by atoms with Crippen molar-refractivity contribution in [3.05, 3.63) is 11.8 Å². The van der Waals surface area contributed by atoms with E-state index in [2.05, 4.69) is 15.4 Å². The number of nitrogens with one attached hydrogen (secondary N) is 1. The highest BCUT2D eigenvalue weighted by molar-refractivity contribution is 5.94. The Hall–Kier alpha value is -1.40. The lowest BCUT2D eigenvalue weighted by Crippen LogP contribution is -2.45. The maximum atomic E-state index is 12.5. The summed E-state index contributed by atoms with van der Waals surface area (Å²) < 4.78 is 5.21. The van der Waals surface area contributed by atoms with Gasteiger partial charge in [0.05, 0.1) is 18.3 Å². The molecule has 0 aliphatic carbocycles. The Morgan fingerprint density at radius 2 is 2.27 bits per heavy atom. The summed E-state index contributed by atoms with van der Waals surface area (Å²) in [6, 6.07) is 2.23. The van der Waals surface area contributed by atoms with Crippen molar-refractivity contribution in [1.29, 1.82) is 0 Å².